The van der Waals surface area contributed by atoms with E-state index in [1.165, 1.54) is 7.11 Å². The van der Waals surface area contributed by atoms with E-state index in [1.807, 2.05) is 24.3 Å². The first-order valence-corrected chi connectivity index (χ1v) is 9.10. The second-order valence-electron chi connectivity index (χ2n) is 5.89. The fourth-order valence-corrected chi connectivity index (χ4v) is 2.70. The zero-order valence-electron chi connectivity index (χ0n) is 16.5. The Morgan fingerprint density at radius 2 is 1.74 bits per heavy atom. The van der Waals surface area contributed by atoms with Crippen molar-refractivity contribution < 1.29 is 19.0 Å². The van der Waals surface area contributed by atoms with Crippen LogP contribution in [0.4, 0.5) is 5.69 Å². The van der Waals surface area contributed by atoms with E-state index in [2.05, 4.69) is 24.1 Å². The number of rotatable bonds is 10. The van der Waals surface area contributed by atoms with Crippen molar-refractivity contribution in [3.05, 3.63) is 48.0 Å². The zero-order chi connectivity index (χ0) is 19.6. The smallest absolute Gasteiger partial charge is 0.259 e. The van der Waals surface area contributed by atoms with Crippen molar-refractivity contribution in [3.63, 3.8) is 0 Å². The first-order valence-electron chi connectivity index (χ1n) is 9.10. The van der Waals surface area contributed by atoms with E-state index in [-0.39, 0.29) is 5.91 Å². The summed E-state index contributed by atoms with van der Waals surface area (Å²) < 4.78 is 16.4. The first kappa shape index (κ1) is 20.6. The van der Waals surface area contributed by atoms with Crippen LogP contribution in [-0.2, 0) is 0 Å². The Balaban J connectivity index is 2.12. The van der Waals surface area contributed by atoms with Gasteiger partial charge in [-0.2, -0.15) is 0 Å². The predicted molar refractivity (Wildman–Crippen MR) is 107 cm³/mol. The molecule has 0 aliphatic carbocycles. The van der Waals surface area contributed by atoms with E-state index in [1.54, 1.807) is 25.3 Å². The standard InChI is InChI=1S/C21H28N2O4/c1-5-23(6-2)13-14-27-20-10-8-7-9-18(20)22-21(24)17-15-16(25-3)11-12-19(17)26-4/h7-12,15H,5-6,13-14H2,1-4H3,(H,22,24). The van der Waals surface area contributed by atoms with Crippen molar-refractivity contribution in [2.24, 2.45) is 0 Å². The van der Waals surface area contributed by atoms with Crippen molar-refractivity contribution in [2.45, 2.75) is 13.8 Å². The molecule has 2 aromatic carbocycles. The lowest BCUT2D eigenvalue weighted by molar-refractivity contribution is 0.102. The summed E-state index contributed by atoms with van der Waals surface area (Å²) in [5.41, 5.74) is 1.02. The fraction of sp³-hybridized carbons (Fsp3) is 0.381. The van der Waals surface area contributed by atoms with Crippen molar-refractivity contribution in [2.75, 3.05) is 45.8 Å². The molecule has 0 radical (unpaired) electrons. The number of amides is 1. The molecule has 0 saturated heterocycles. The van der Waals surface area contributed by atoms with Gasteiger partial charge in [-0.1, -0.05) is 26.0 Å². The second kappa shape index (κ2) is 10.4. The van der Waals surface area contributed by atoms with E-state index in [0.29, 0.717) is 35.1 Å². The zero-order valence-corrected chi connectivity index (χ0v) is 16.5. The van der Waals surface area contributed by atoms with Gasteiger partial charge in [-0.05, 0) is 43.4 Å². The summed E-state index contributed by atoms with van der Waals surface area (Å²) in [6.07, 6.45) is 0. The third kappa shape index (κ3) is 5.62. The van der Waals surface area contributed by atoms with Crippen LogP contribution in [0, 0.1) is 0 Å². The molecule has 0 spiro atoms. The van der Waals surface area contributed by atoms with E-state index in [0.717, 1.165) is 19.6 Å². The number of nitrogens with one attached hydrogen (secondary N) is 1. The number of carbonyl (C=O) groups excluding carboxylic acids is 1. The highest BCUT2D eigenvalue weighted by Gasteiger charge is 2.16. The molecule has 2 aromatic rings. The monoisotopic (exact) mass is 372 g/mol. The minimum atomic E-state index is -0.287. The van der Waals surface area contributed by atoms with Crippen LogP contribution in [0.3, 0.4) is 0 Å². The third-order valence-electron chi connectivity index (χ3n) is 4.35. The predicted octanol–water partition coefficient (Wildman–Crippen LogP) is 3.68. The van der Waals surface area contributed by atoms with Crippen molar-refractivity contribution in [1.82, 2.24) is 4.90 Å². The van der Waals surface area contributed by atoms with Crippen LogP contribution in [0.25, 0.3) is 0 Å². The molecular weight excluding hydrogens is 344 g/mol. The van der Waals surface area contributed by atoms with Crippen molar-refractivity contribution in [1.29, 1.82) is 0 Å². The normalized spacial score (nSPS) is 10.6. The van der Waals surface area contributed by atoms with Gasteiger partial charge in [0.15, 0.2) is 0 Å². The average Bonchev–Trinajstić information content (AvgIpc) is 2.71. The highest BCUT2D eigenvalue weighted by Crippen LogP contribution is 2.28. The number of hydrogen-bond acceptors (Lipinski definition) is 5. The van der Waals surface area contributed by atoms with Gasteiger partial charge in [0.25, 0.3) is 5.91 Å². The van der Waals surface area contributed by atoms with E-state index < -0.39 is 0 Å². The summed E-state index contributed by atoms with van der Waals surface area (Å²) in [4.78, 5) is 15.1. The highest BCUT2D eigenvalue weighted by molar-refractivity contribution is 6.07. The van der Waals surface area contributed by atoms with Gasteiger partial charge in [-0.15, -0.1) is 0 Å². The van der Waals surface area contributed by atoms with E-state index in [4.69, 9.17) is 14.2 Å². The molecule has 1 amide bonds. The SMILES string of the molecule is CCN(CC)CCOc1ccccc1NC(=O)c1cc(OC)ccc1OC. The molecular formula is C21H28N2O4. The molecule has 0 aliphatic rings. The molecule has 0 bridgehead atoms. The van der Waals surface area contributed by atoms with Crippen LogP contribution in [-0.4, -0.2) is 51.3 Å². The topological polar surface area (TPSA) is 60.0 Å². The molecule has 2 rings (SSSR count). The van der Waals surface area contributed by atoms with Crippen molar-refractivity contribution in [3.8, 4) is 17.2 Å². The molecule has 0 aromatic heterocycles. The molecule has 27 heavy (non-hydrogen) atoms. The van der Waals surface area contributed by atoms with Crippen LogP contribution < -0.4 is 19.5 Å². The van der Waals surface area contributed by atoms with Gasteiger partial charge in [0.1, 0.15) is 23.9 Å². The van der Waals surface area contributed by atoms with Crippen LogP contribution in [0.1, 0.15) is 24.2 Å². The lowest BCUT2D eigenvalue weighted by atomic mass is 10.1. The number of nitrogens with zero attached hydrogens (tertiary/aromatic N) is 1. The molecule has 6 heteroatoms. The number of carbonyl (C=O) groups is 1. The fourth-order valence-electron chi connectivity index (χ4n) is 2.70. The maximum atomic E-state index is 12.8. The minimum Gasteiger partial charge on any atom is -0.497 e. The molecule has 0 saturated carbocycles. The molecule has 146 valence electrons. The van der Waals surface area contributed by atoms with Gasteiger partial charge < -0.3 is 24.4 Å². The number of benzene rings is 2. The second-order valence-corrected chi connectivity index (χ2v) is 5.89. The number of likely N-dealkylation sites (N-methyl/N-ethyl adjacent to an activating group) is 1. The summed E-state index contributed by atoms with van der Waals surface area (Å²) in [6.45, 7) is 7.59. The molecule has 0 unspecified atom stereocenters. The Hall–Kier alpha value is -2.73. The number of hydrogen-bond donors (Lipinski definition) is 1. The Bertz CT molecular complexity index is 745. The quantitative estimate of drug-likeness (QED) is 0.689. The summed E-state index contributed by atoms with van der Waals surface area (Å²) >= 11 is 0. The van der Waals surface area contributed by atoms with Gasteiger partial charge in [-0.25, -0.2) is 0 Å². The lowest BCUT2D eigenvalue weighted by Crippen LogP contribution is -2.28. The van der Waals surface area contributed by atoms with Gasteiger partial charge in [0.2, 0.25) is 0 Å². The highest BCUT2D eigenvalue weighted by atomic mass is 16.5. The Kier molecular flexibility index (Phi) is 7.95. The van der Waals surface area contributed by atoms with Gasteiger partial charge in [0, 0.05) is 6.54 Å². The molecule has 0 aliphatic heterocycles. The van der Waals surface area contributed by atoms with Gasteiger partial charge >= 0.3 is 0 Å². The third-order valence-corrected chi connectivity index (χ3v) is 4.35. The molecule has 6 nitrogen and oxygen atoms in total. The van der Waals surface area contributed by atoms with Crippen LogP contribution in [0.5, 0.6) is 17.2 Å². The molecule has 0 fully saturated rings. The Morgan fingerprint density at radius 3 is 2.41 bits per heavy atom. The Morgan fingerprint density at radius 1 is 1.00 bits per heavy atom. The molecule has 1 N–H and O–H groups in total. The summed E-state index contributed by atoms with van der Waals surface area (Å²) in [6, 6.07) is 12.5. The van der Waals surface area contributed by atoms with E-state index in [9.17, 15) is 4.79 Å². The largest absolute Gasteiger partial charge is 0.497 e. The van der Waals surface area contributed by atoms with Gasteiger partial charge in [0.05, 0.1) is 25.5 Å². The summed E-state index contributed by atoms with van der Waals surface area (Å²) in [7, 11) is 3.09. The maximum absolute atomic E-state index is 12.8. The maximum Gasteiger partial charge on any atom is 0.259 e. The average molecular weight is 372 g/mol. The van der Waals surface area contributed by atoms with Crippen LogP contribution in [0.15, 0.2) is 42.5 Å². The number of methoxy groups -OCH3 is 2. The first-order chi connectivity index (χ1) is 13.1. The van der Waals surface area contributed by atoms with Crippen LogP contribution in [0.2, 0.25) is 0 Å². The number of ether oxygens (including phenoxy) is 3. The summed E-state index contributed by atoms with van der Waals surface area (Å²) in [5.74, 6) is 1.42. The van der Waals surface area contributed by atoms with Gasteiger partial charge in [-0.3, -0.25) is 4.79 Å². The Labute approximate surface area is 161 Å². The van der Waals surface area contributed by atoms with Crippen LogP contribution >= 0.6 is 0 Å². The number of anilines is 1. The number of para-hydroxylation sites is 2. The van der Waals surface area contributed by atoms with Crippen molar-refractivity contribution >= 4 is 11.6 Å². The van der Waals surface area contributed by atoms with E-state index >= 15 is 0 Å². The lowest BCUT2D eigenvalue weighted by Gasteiger charge is -2.19. The molecule has 0 atom stereocenters. The summed E-state index contributed by atoms with van der Waals surface area (Å²) in [5, 5.41) is 2.91. The minimum absolute atomic E-state index is 0.287. The molecule has 0 heterocycles.